The normalized spacial score (nSPS) is 12.8. The molecule has 18 heavy (non-hydrogen) atoms. The second-order valence-corrected chi connectivity index (χ2v) is 4.44. The van der Waals surface area contributed by atoms with Crippen molar-refractivity contribution in [3.05, 3.63) is 34.9 Å². The first kappa shape index (κ1) is 11.2. The van der Waals surface area contributed by atoms with Gasteiger partial charge < -0.3 is 19.8 Å². The molecule has 3 rings (SSSR count). The zero-order chi connectivity index (χ0) is 12.5. The summed E-state index contributed by atoms with van der Waals surface area (Å²) >= 11 is 6.16. The van der Waals surface area contributed by atoms with Gasteiger partial charge in [-0.1, -0.05) is 11.6 Å². The Morgan fingerprint density at radius 3 is 2.89 bits per heavy atom. The monoisotopic (exact) mass is 265 g/mol. The molecule has 0 atom stereocenters. The van der Waals surface area contributed by atoms with E-state index in [-0.39, 0.29) is 6.79 Å². The first-order valence-electron chi connectivity index (χ1n) is 5.56. The smallest absolute Gasteiger partial charge is 0.231 e. The van der Waals surface area contributed by atoms with Gasteiger partial charge >= 0.3 is 0 Å². The maximum atomic E-state index is 6.16. The molecule has 5 nitrogen and oxygen atoms in total. The predicted octanol–water partition coefficient (Wildman–Crippen LogP) is 2.71. The lowest BCUT2D eigenvalue weighted by Gasteiger charge is -2.08. The standard InChI is InChI=1S/C12H12ClN3O2/c1-7-14-4-8(16-7)5-15-10-3-12-11(2-9(10)13)17-6-18-12/h2-4,15H,5-6H2,1H3,(H,14,16). The predicted molar refractivity (Wildman–Crippen MR) is 68.2 cm³/mol. The number of nitrogens with zero attached hydrogens (tertiary/aromatic N) is 1. The molecule has 6 heteroatoms. The largest absolute Gasteiger partial charge is 0.454 e. The number of hydrogen-bond donors (Lipinski definition) is 2. The van der Waals surface area contributed by atoms with Crippen molar-refractivity contribution in [3.8, 4) is 11.5 Å². The molecule has 1 aromatic heterocycles. The second kappa shape index (κ2) is 4.42. The van der Waals surface area contributed by atoms with Crippen LogP contribution in [0.2, 0.25) is 5.02 Å². The number of hydrogen-bond acceptors (Lipinski definition) is 4. The van der Waals surface area contributed by atoms with Crippen LogP contribution in [0.25, 0.3) is 0 Å². The molecule has 0 saturated carbocycles. The summed E-state index contributed by atoms with van der Waals surface area (Å²) in [4.78, 5) is 7.28. The number of aryl methyl sites for hydroxylation is 1. The summed E-state index contributed by atoms with van der Waals surface area (Å²) in [5, 5.41) is 3.84. The average Bonchev–Trinajstić information content (AvgIpc) is 2.94. The second-order valence-electron chi connectivity index (χ2n) is 4.03. The molecule has 0 fully saturated rings. The van der Waals surface area contributed by atoms with Gasteiger partial charge in [0.25, 0.3) is 0 Å². The van der Waals surface area contributed by atoms with Gasteiger partial charge in [-0.05, 0) is 6.92 Å². The van der Waals surface area contributed by atoms with Gasteiger partial charge in [-0.2, -0.15) is 0 Å². The quantitative estimate of drug-likeness (QED) is 0.896. The number of benzene rings is 1. The van der Waals surface area contributed by atoms with Gasteiger partial charge in [0.1, 0.15) is 5.82 Å². The van der Waals surface area contributed by atoms with Gasteiger partial charge in [0.2, 0.25) is 6.79 Å². The van der Waals surface area contributed by atoms with E-state index in [1.807, 2.05) is 13.0 Å². The van der Waals surface area contributed by atoms with E-state index in [9.17, 15) is 0 Å². The minimum Gasteiger partial charge on any atom is -0.454 e. The van der Waals surface area contributed by atoms with Gasteiger partial charge in [0, 0.05) is 12.1 Å². The van der Waals surface area contributed by atoms with Crippen LogP contribution in [0.4, 0.5) is 5.69 Å². The molecule has 0 radical (unpaired) electrons. The summed E-state index contributed by atoms with van der Waals surface area (Å²) in [5.41, 5.74) is 1.81. The Kier molecular flexibility index (Phi) is 2.76. The molecule has 2 N–H and O–H groups in total. The molecule has 1 aliphatic heterocycles. The summed E-state index contributed by atoms with van der Waals surface area (Å²) in [7, 11) is 0. The molecule has 2 aromatic rings. The Bertz CT molecular complexity index is 583. The van der Waals surface area contributed by atoms with Gasteiger partial charge in [-0.3, -0.25) is 0 Å². The molecule has 0 aliphatic carbocycles. The Morgan fingerprint density at radius 1 is 1.39 bits per heavy atom. The van der Waals surface area contributed by atoms with Crippen molar-refractivity contribution in [2.75, 3.05) is 12.1 Å². The first-order chi connectivity index (χ1) is 8.72. The van der Waals surface area contributed by atoms with Crippen molar-refractivity contribution in [2.45, 2.75) is 13.5 Å². The fourth-order valence-corrected chi connectivity index (χ4v) is 2.03. The maximum Gasteiger partial charge on any atom is 0.231 e. The van der Waals surface area contributed by atoms with E-state index >= 15 is 0 Å². The van der Waals surface area contributed by atoms with Crippen LogP contribution in [-0.4, -0.2) is 16.8 Å². The molecule has 0 bridgehead atoms. The minimum atomic E-state index is 0.245. The SMILES string of the molecule is Cc1ncc(CNc2cc3c(cc2Cl)OCO3)[nH]1. The molecule has 1 aliphatic rings. The van der Waals surface area contributed by atoms with Crippen molar-refractivity contribution < 1.29 is 9.47 Å². The van der Waals surface area contributed by atoms with Crippen LogP contribution < -0.4 is 14.8 Å². The van der Waals surface area contributed by atoms with Crippen LogP contribution in [0, 0.1) is 6.92 Å². The van der Waals surface area contributed by atoms with E-state index in [0.29, 0.717) is 23.1 Å². The van der Waals surface area contributed by atoms with Crippen LogP contribution in [0.1, 0.15) is 11.5 Å². The number of imidazole rings is 1. The Morgan fingerprint density at radius 2 is 2.17 bits per heavy atom. The van der Waals surface area contributed by atoms with Crippen LogP contribution in [0.3, 0.4) is 0 Å². The van der Waals surface area contributed by atoms with Crippen molar-refractivity contribution in [1.82, 2.24) is 9.97 Å². The van der Waals surface area contributed by atoms with E-state index in [1.54, 1.807) is 12.3 Å². The molecular formula is C12H12ClN3O2. The lowest BCUT2D eigenvalue weighted by molar-refractivity contribution is 0.174. The molecule has 0 amide bonds. The highest BCUT2D eigenvalue weighted by molar-refractivity contribution is 6.33. The zero-order valence-corrected chi connectivity index (χ0v) is 10.5. The lowest BCUT2D eigenvalue weighted by Crippen LogP contribution is -2.00. The Balaban J connectivity index is 1.76. The average molecular weight is 266 g/mol. The van der Waals surface area contributed by atoms with Gasteiger partial charge in [-0.15, -0.1) is 0 Å². The number of halogens is 1. The molecule has 94 valence electrons. The van der Waals surface area contributed by atoms with E-state index in [0.717, 1.165) is 17.2 Å². The van der Waals surface area contributed by atoms with Crippen molar-refractivity contribution in [1.29, 1.82) is 0 Å². The maximum absolute atomic E-state index is 6.16. The Hall–Kier alpha value is -1.88. The summed E-state index contributed by atoms with van der Waals surface area (Å²) in [6, 6.07) is 3.60. The highest BCUT2D eigenvalue weighted by Crippen LogP contribution is 2.39. The number of rotatable bonds is 3. The number of aromatic nitrogens is 2. The number of H-pyrrole nitrogens is 1. The topological polar surface area (TPSA) is 59.2 Å². The molecular weight excluding hydrogens is 254 g/mol. The fourth-order valence-electron chi connectivity index (χ4n) is 1.80. The van der Waals surface area contributed by atoms with Crippen molar-refractivity contribution in [2.24, 2.45) is 0 Å². The van der Waals surface area contributed by atoms with E-state index in [2.05, 4.69) is 15.3 Å². The van der Waals surface area contributed by atoms with E-state index < -0.39 is 0 Å². The fraction of sp³-hybridized carbons (Fsp3) is 0.250. The zero-order valence-electron chi connectivity index (χ0n) is 9.79. The van der Waals surface area contributed by atoms with E-state index in [4.69, 9.17) is 21.1 Å². The van der Waals surface area contributed by atoms with E-state index in [1.165, 1.54) is 0 Å². The number of nitrogens with one attached hydrogen (secondary N) is 2. The molecule has 0 unspecified atom stereocenters. The number of ether oxygens (including phenoxy) is 2. The minimum absolute atomic E-state index is 0.245. The van der Waals surface area contributed by atoms with Gasteiger partial charge in [-0.25, -0.2) is 4.98 Å². The third-order valence-corrected chi connectivity index (χ3v) is 3.00. The van der Waals surface area contributed by atoms with Gasteiger partial charge in [0.05, 0.1) is 29.1 Å². The first-order valence-corrected chi connectivity index (χ1v) is 5.93. The summed E-state index contributed by atoms with van der Waals surface area (Å²) in [6.07, 6.45) is 1.79. The summed E-state index contributed by atoms with van der Waals surface area (Å²) < 4.78 is 10.6. The van der Waals surface area contributed by atoms with Crippen LogP contribution >= 0.6 is 11.6 Å². The number of aromatic amines is 1. The van der Waals surface area contributed by atoms with Crippen LogP contribution in [-0.2, 0) is 6.54 Å². The number of anilines is 1. The summed E-state index contributed by atoms with van der Waals surface area (Å²) in [6.45, 7) is 2.78. The molecule has 2 heterocycles. The Labute approximate surface area is 109 Å². The highest BCUT2D eigenvalue weighted by Gasteiger charge is 2.16. The highest BCUT2D eigenvalue weighted by atomic mass is 35.5. The lowest BCUT2D eigenvalue weighted by atomic mass is 10.2. The van der Waals surface area contributed by atoms with Crippen LogP contribution in [0.5, 0.6) is 11.5 Å². The third kappa shape index (κ3) is 2.09. The summed E-state index contributed by atoms with van der Waals surface area (Å²) in [5.74, 6) is 2.29. The number of fused-ring (bicyclic) bond motifs is 1. The third-order valence-electron chi connectivity index (χ3n) is 2.69. The van der Waals surface area contributed by atoms with Crippen molar-refractivity contribution in [3.63, 3.8) is 0 Å². The van der Waals surface area contributed by atoms with Gasteiger partial charge in [0.15, 0.2) is 11.5 Å². The van der Waals surface area contributed by atoms with Crippen LogP contribution in [0.15, 0.2) is 18.3 Å². The molecule has 1 aromatic carbocycles. The molecule has 0 saturated heterocycles. The molecule has 0 spiro atoms. The van der Waals surface area contributed by atoms with Crippen molar-refractivity contribution >= 4 is 17.3 Å².